The number of aromatic nitrogens is 2. The number of cyclic esters (lactones) is 1. The van der Waals surface area contributed by atoms with Crippen LogP contribution < -0.4 is 5.73 Å². The van der Waals surface area contributed by atoms with Gasteiger partial charge in [-0.2, -0.15) is 5.10 Å². The molecule has 0 saturated carbocycles. The van der Waals surface area contributed by atoms with Gasteiger partial charge in [0.2, 0.25) is 5.91 Å². The topological polar surface area (TPSA) is 123 Å². The number of hydrogen-bond donors (Lipinski definition) is 2. The molecule has 1 aromatic carbocycles. The zero-order valence-corrected chi connectivity index (χ0v) is 13.7. The van der Waals surface area contributed by atoms with E-state index >= 15 is 0 Å². The molecule has 0 radical (unpaired) electrons. The van der Waals surface area contributed by atoms with Crippen molar-refractivity contribution in [3.63, 3.8) is 0 Å². The van der Waals surface area contributed by atoms with E-state index in [0.717, 1.165) is 0 Å². The third-order valence-corrected chi connectivity index (χ3v) is 4.21. The Morgan fingerprint density at radius 2 is 2.12 bits per heavy atom. The monoisotopic (exact) mass is 361 g/mol. The van der Waals surface area contributed by atoms with Crippen LogP contribution in [-0.2, 0) is 9.53 Å². The molecule has 1 aliphatic heterocycles. The SMILES string of the molecule is CC(C(N)=O)C1OC(=O)N(F)C1c1ccc(-n2ccc(C=NO)n2)cc1. The van der Waals surface area contributed by atoms with Crippen LogP contribution >= 0.6 is 0 Å². The lowest BCUT2D eigenvalue weighted by Crippen LogP contribution is -2.35. The fourth-order valence-corrected chi connectivity index (χ4v) is 2.77. The number of rotatable bonds is 5. The number of halogens is 1. The summed E-state index contributed by atoms with van der Waals surface area (Å²) in [7, 11) is 0. The minimum absolute atomic E-state index is 0.0388. The summed E-state index contributed by atoms with van der Waals surface area (Å²) in [4.78, 5) is 23.0. The second-order valence-electron chi connectivity index (χ2n) is 5.82. The van der Waals surface area contributed by atoms with Gasteiger partial charge in [-0.1, -0.05) is 21.8 Å². The standard InChI is InChI=1S/C16H16FN5O4/c1-9(15(18)23)14-13(22(17)16(24)26-14)10-2-4-12(5-3-10)21-7-6-11(20-21)8-19-25/h2-9,13-14,25H,1H3,(H2,18,23). The number of ether oxygens (including phenoxy) is 1. The van der Waals surface area contributed by atoms with Crippen LogP contribution in [0.3, 0.4) is 0 Å². The van der Waals surface area contributed by atoms with E-state index in [2.05, 4.69) is 10.3 Å². The third-order valence-electron chi connectivity index (χ3n) is 4.21. The van der Waals surface area contributed by atoms with Gasteiger partial charge >= 0.3 is 6.09 Å². The second kappa shape index (κ2) is 6.82. The number of carbonyl (C=O) groups excluding carboxylic acids is 2. The first kappa shape index (κ1) is 17.4. The Bertz CT molecular complexity index is 851. The van der Waals surface area contributed by atoms with Crippen molar-refractivity contribution in [1.29, 1.82) is 0 Å². The minimum Gasteiger partial charge on any atom is -0.441 e. The van der Waals surface area contributed by atoms with Crippen LogP contribution in [0.4, 0.5) is 9.28 Å². The average molecular weight is 361 g/mol. The van der Waals surface area contributed by atoms with Crippen molar-refractivity contribution in [2.24, 2.45) is 16.8 Å². The number of primary amides is 1. The zero-order chi connectivity index (χ0) is 18.8. The molecule has 10 heteroatoms. The van der Waals surface area contributed by atoms with Crippen LogP contribution in [0.5, 0.6) is 0 Å². The molecule has 3 rings (SSSR count). The lowest BCUT2D eigenvalue weighted by atomic mass is 9.92. The maximum Gasteiger partial charge on any atom is 0.439 e. The van der Waals surface area contributed by atoms with Crippen LogP contribution in [0.2, 0.25) is 0 Å². The van der Waals surface area contributed by atoms with Gasteiger partial charge in [0, 0.05) is 6.20 Å². The van der Waals surface area contributed by atoms with Crippen molar-refractivity contribution in [1.82, 2.24) is 14.9 Å². The number of amides is 2. The molecule has 1 aromatic heterocycles. The maximum absolute atomic E-state index is 14.2. The van der Waals surface area contributed by atoms with Gasteiger partial charge in [-0.05, 0) is 30.7 Å². The summed E-state index contributed by atoms with van der Waals surface area (Å²) in [5.74, 6) is -1.54. The van der Waals surface area contributed by atoms with Crippen molar-refractivity contribution in [3.05, 3.63) is 47.8 Å². The van der Waals surface area contributed by atoms with Crippen LogP contribution in [0.15, 0.2) is 41.7 Å². The lowest BCUT2D eigenvalue weighted by Gasteiger charge is -2.22. The van der Waals surface area contributed by atoms with Gasteiger partial charge < -0.3 is 15.7 Å². The molecule has 9 nitrogen and oxygen atoms in total. The van der Waals surface area contributed by atoms with E-state index in [1.807, 2.05) is 0 Å². The van der Waals surface area contributed by atoms with E-state index in [0.29, 0.717) is 16.9 Å². The molecule has 3 unspecified atom stereocenters. The first-order valence-electron chi connectivity index (χ1n) is 7.70. The van der Waals surface area contributed by atoms with Crippen molar-refractivity contribution in [2.75, 3.05) is 0 Å². The second-order valence-corrected chi connectivity index (χ2v) is 5.82. The van der Waals surface area contributed by atoms with Gasteiger partial charge in [-0.3, -0.25) is 4.79 Å². The highest BCUT2D eigenvalue weighted by molar-refractivity contribution is 5.79. The van der Waals surface area contributed by atoms with Gasteiger partial charge in [0.05, 0.1) is 17.8 Å². The molecule has 0 spiro atoms. The maximum atomic E-state index is 14.2. The summed E-state index contributed by atoms with van der Waals surface area (Å²) in [5.41, 5.74) is 6.83. The van der Waals surface area contributed by atoms with Gasteiger partial charge in [-0.25, -0.2) is 9.48 Å². The predicted octanol–water partition coefficient (Wildman–Crippen LogP) is 1.55. The van der Waals surface area contributed by atoms with E-state index < -0.39 is 30.1 Å². The van der Waals surface area contributed by atoms with Gasteiger partial charge in [0.15, 0.2) is 0 Å². The number of hydrogen-bond acceptors (Lipinski definition) is 6. The van der Waals surface area contributed by atoms with Crippen LogP contribution in [-0.4, -0.2) is 44.4 Å². The number of benzene rings is 1. The van der Waals surface area contributed by atoms with E-state index in [1.165, 1.54) is 17.8 Å². The number of nitrogens with zero attached hydrogens (tertiary/aromatic N) is 4. The Kier molecular flexibility index (Phi) is 4.57. The molecule has 0 aliphatic carbocycles. The molecule has 0 bridgehead atoms. The normalized spacial score (nSPS) is 21.2. The van der Waals surface area contributed by atoms with Gasteiger partial charge in [0.25, 0.3) is 0 Å². The smallest absolute Gasteiger partial charge is 0.439 e. The fraction of sp³-hybridized carbons (Fsp3) is 0.250. The summed E-state index contributed by atoms with van der Waals surface area (Å²) >= 11 is 0. The van der Waals surface area contributed by atoms with Crippen molar-refractivity contribution in [2.45, 2.75) is 19.1 Å². The van der Waals surface area contributed by atoms with E-state index in [4.69, 9.17) is 15.7 Å². The quantitative estimate of drug-likeness (QED) is 0.362. The van der Waals surface area contributed by atoms with Crippen LogP contribution in [0.25, 0.3) is 5.69 Å². The summed E-state index contributed by atoms with van der Waals surface area (Å²) < 4.78 is 20.7. The summed E-state index contributed by atoms with van der Waals surface area (Å²) in [5, 5.41) is 15.6. The molecule has 2 amide bonds. The fourth-order valence-electron chi connectivity index (χ4n) is 2.77. The highest BCUT2D eigenvalue weighted by Crippen LogP contribution is 2.37. The molecule has 3 atom stereocenters. The molecule has 1 aliphatic rings. The molecule has 2 aromatic rings. The predicted molar refractivity (Wildman–Crippen MR) is 87.3 cm³/mol. The van der Waals surface area contributed by atoms with Crippen molar-refractivity contribution < 1.29 is 24.0 Å². The molecule has 1 saturated heterocycles. The van der Waals surface area contributed by atoms with Gasteiger partial charge in [-0.15, -0.1) is 5.12 Å². The molecule has 3 N–H and O–H groups in total. The molecule has 26 heavy (non-hydrogen) atoms. The lowest BCUT2D eigenvalue weighted by molar-refractivity contribution is -0.124. The molecular formula is C16H16FN5O4. The summed E-state index contributed by atoms with van der Waals surface area (Å²) in [6, 6.07) is 7.13. The Morgan fingerprint density at radius 3 is 2.73 bits per heavy atom. The first-order chi connectivity index (χ1) is 12.4. The highest BCUT2D eigenvalue weighted by Gasteiger charge is 2.47. The third kappa shape index (κ3) is 3.08. The van der Waals surface area contributed by atoms with Gasteiger partial charge in [0.1, 0.15) is 17.8 Å². The Morgan fingerprint density at radius 1 is 1.42 bits per heavy atom. The number of oxime groups is 1. The summed E-state index contributed by atoms with van der Waals surface area (Å²) in [6.45, 7) is 1.48. The Labute approximate surface area is 147 Å². The molecule has 2 heterocycles. The Hall–Kier alpha value is -3.43. The van der Waals surface area contributed by atoms with E-state index in [-0.39, 0.29) is 5.12 Å². The average Bonchev–Trinajstić information content (AvgIpc) is 3.20. The molecule has 1 fully saturated rings. The van der Waals surface area contributed by atoms with E-state index in [9.17, 15) is 14.1 Å². The zero-order valence-electron chi connectivity index (χ0n) is 13.7. The Balaban J connectivity index is 1.88. The minimum atomic E-state index is -1.16. The molecular weight excluding hydrogens is 345 g/mol. The summed E-state index contributed by atoms with van der Waals surface area (Å²) in [6.07, 6.45) is 0.668. The number of nitrogens with two attached hydrogens (primary N) is 1. The molecule has 136 valence electrons. The van der Waals surface area contributed by atoms with E-state index in [1.54, 1.807) is 36.5 Å². The first-order valence-corrected chi connectivity index (χ1v) is 7.70. The van der Waals surface area contributed by atoms with Crippen LogP contribution in [0, 0.1) is 5.92 Å². The van der Waals surface area contributed by atoms with Crippen LogP contribution in [0.1, 0.15) is 24.2 Å². The number of carbonyl (C=O) groups is 2. The largest absolute Gasteiger partial charge is 0.441 e. The highest BCUT2D eigenvalue weighted by atomic mass is 19.2. The van der Waals surface area contributed by atoms with Crippen molar-refractivity contribution >= 4 is 18.2 Å². The van der Waals surface area contributed by atoms with Crippen molar-refractivity contribution in [3.8, 4) is 5.69 Å².